The van der Waals surface area contributed by atoms with Crippen LogP contribution in [0.1, 0.15) is 18.4 Å². The standard InChI is InChI=1S/C22H17Cl2N3O3/c23-11-7-8-15(13(24)10-11)27-19(28)17-16-6-3-9-26(16)22(18(17)20(27)29)12-4-1-2-5-14(12)25-21(22)30/h1-2,4-5,7-8,10,16-18H,3,6,9H2,(H,25,30)/t16-,17+,18-,22-/m0/s1. The van der Waals surface area contributed by atoms with E-state index in [-0.39, 0.29) is 28.8 Å². The second-order valence-electron chi connectivity index (χ2n) is 8.28. The van der Waals surface area contributed by atoms with Crippen molar-refractivity contribution in [1.82, 2.24) is 4.90 Å². The number of carbonyl (C=O) groups excluding carboxylic acids is 3. The fourth-order valence-corrected chi connectivity index (χ4v) is 6.55. The molecule has 152 valence electrons. The average Bonchev–Trinajstić information content (AvgIpc) is 3.41. The number of fused-ring (bicyclic) bond motifs is 7. The van der Waals surface area contributed by atoms with Crippen molar-refractivity contribution < 1.29 is 14.4 Å². The highest BCUT2D eigenvalue weighted by Gasteiger charge is 2.74. The Morgan fingerprint density at radius 1 is 1.03 bits per heavy atom. The van der Waals surface area contributed by atoms with Gasteiger partial charge >= 0.3 is 0 Å². The van der Waals surface area contributed by atoms with Crippen molar-refractivity contribution in [3.8, 4) is 0 Å². The predicted molar refractivity (Wildman–Crippen MR) is 112 cm³/mol. The van der Waals surface area contributed by atoms with Gasteiger partial charge in [-0.05, 0) is 43.7 Å². The minimum atomic E-state index is -1.16. The summed E-state index contributed by atoms with van der Waals surface area (Å²) >= 11 is 12.4. The molecule has 0 aromatic heterocycles. The molecule has 4 aliphatic rings. The Morgan fingerprint density at radius 3 is 2.63 bits per heavy atom. The molecule has 4 heterocycles. The first-order valence-corrected chi connectivity index (χ1v) is 10.7. The Morgan fingerprint density at radius 2 is 1.83 bits per heavy atom. The summed E-state index contributed by atoms with van der Waals surface area (Å²) in [7, 11) is 0. The SMILES string of the molecule is O=C1[C@H]2[C@@H](C(=O)N1c1ccc(Cl)cc1Cl)[C@@]1(C(=O)Nc3ccccc31)N1CCC[C@@H]21. The summed E-state index contributed by atoms with van der Waals surface area (Å²) in [5.74, 6) is -2.27. The van der Waals surface area contributed by atoms with Gasteiger partial charge in [0.15, 0.2) is 0 Å². The number of rotatable bonds is 1. The molecule has 3 fully saturated rings. The van der Waals surface area contributed by atoms with Gasteiger partial charge in [0.05, 0.1) is 22.5 Å². The Hall–Kier alpha value is -2.41. The molecule has 4 atom stereocenters. The average molecular weight is 442 g/mol. The van der Waals surface area contributed by atoms with Crippen molar-refractivity contribution in [3.05, 3.63) is 58.1 Å². The van der Waals surface area contributed by atoms with E-state index in [2.05, 4.69) is 10.2 Å². The molecule has 6 rings (SSSR count). The molecule has 6 nitrogen and oxygen atoms in total. The van der Waals surface area contributed by atoms with Gasteiger partial charge in [-0.25, -0.2) is 4.90 Å². The molecule has 3 amide bonds. The van der Waals surface area contributed by atoms with Crippen LogP contribution in [0.3, 0.4) is 0 Å². The molecule has 0 bridgehead atoms. The minimum absolute atomic E-state index is 0.153. The van der Waals surface area contributed by atoms with E-state index >= 15 is 0 Å². The van der Waals surface area contributed by atoms with Gasteiger partial charge in [-0.15, -0.1) is 0 Å². The Bertz CT molecular complexity index is 1150. The summed E-state index contributed by atoms with van der Waals surface area (Å²) in [6.07, 6.45) is 1.66. The van der Waals surface area contributed by atoms with Crippen molar-refractivity contribution in [2.24, 2.45) is 11.8 Å². The summed E-state index contributed by atoms with van der Waals surface area (Å²) in [5.41, 5.74) is 0.636. The van der Waals surface area contributed by atoms with Crippen molar-refractivity contribution in [2.75, 3.05) is 16.8 Å². The predicted octanol–water partition coefficient (Wildman–Crippen LogP) is 3.42. The van der Waals surface area contributed by atoms with E-state index < -0.39 is 17.4 Å². The summed E-state index contributed by atoms with van der Waals surface area (Å²) in [6.45, 7) is 0.682. The van der Waals surface area contributed by atoms with Gasteiger partial charge in [-0.1, -0.05) is 41.4 Å². The molecule has 0 radical (unpaired) electrons. The topological polar surface area (TPSA) is 69.7 Å². The van der Waals surface area contributed by atoms with Crippen LogP contribution >= 0.6 is 23.2 Å². The normalized spacial score (nSPS) is 32.0. The third kappa shape index (κ3) is 2.02. The van der Waals surface area contributed by atoms with E-state index in [1.807, 2.05) is 24.3 Å². The van der Waals surface area contributed by atoms with E-state index in [0.717, 1.165) is 18.4 Å². The highest BCUT2D eigenvalue weighted by Crippen LogP contribution is 2.60. The van der Waals surface area contributed by atoms with E-state index in [0.29, 0.717) is 22.9 Å². The molecule has 4 aliphatic heterocycles. The number of nitrogens with zero attached hydrogens (tertiary/aromatic N) is 2. The van der Waals surface area contributed by atoms with Gasteiger partial charge in [0.1, 0.15) is 5.54 Å². The van der Waals surface area contributed by atoms with Crippen LogP contribution in [0, 0.1) is 11.8 Å². The number of anilines is 2. The van der Waals surface area contributed by atoms with E-state index in [1.165, 1.54) is 11.0 Å². The second kappa shape index (κ2) is 6.06. The van der Waals surface area contributed by atoms with Crippen LogP contribution in [0.5, 0.6) is 0 Å². The lowest BCUT2D eigenvalue weighted by molar-refractivity contribution is -0.135. The molecule has 30 heavy (non-hydrogen) atoms. The zero-order valence-corrected chi connectivity index (χ0v) is 17.3. The van der Waals surface area contributed by atoms with Crippen molar-refractivity contribution in [2.45, 2.75) is 24.4 Å². The molecule has 3 saturated heterocycles. The second-order valence-corrected chi connectivity index (χ2v) is 9.12. The van der Waals surface area contributed by atoms with Crippen molar-refractivity contribution in [3.63, 3.8) is 0 Å². The molecule has 2 aromatic carbocycles. The number of amides is 3. The Kier molecular flexibility index (Phi) is 3.71. The summed E-state index contributed by atoms with van der Waals surface area (Å²) < 4.78 is 0. The van der Waals surface area contributed by atoms with Gasteiger partial charge in [-0.3, -0.25) is 19.3 Å². The molecule has 2 aromatic rings. The molecular weight excluding hydrogens is 425 g/mol. The van der Waals surface area contributed by atoms with Crippen molar-refractivity contribution in [1.29, 1.82) is 0 Å². The maximum atomic E-state index is 13.8. The zero-order chi connectivity index (χ0) is 20.8. The van der Waals surface area contributed by atoms with Gasteiger partial charge < -0.3 is 5.32 Å². The number of carbonyl (C=O) groups is 3. The van der Waals surface area contributed by atoms with Crippen molar-refractivity contribution >= 4 is 52.3 Å². The molecule has 1 N–H and O–H groups in total. The number of imide groups is 1. The third-order valence-corrected chi connectivity index (χ3v) is 7.59. The molecular formula is C22H17Cl2N3O3. The first-order valence-electron chi connectivity index (χ1n) is 9.97. The number of para-hydroxylation sites is 1. The monoisotopic (exact) mass is 441 g/mol. The first kappa shape index (κ1) is 18.4. The maximum Gasteiger partial charge on any atom is 0.250 e. The van der Waals surface area contributed by atoms with Crippen LogP contribution in [-0.4, -0.2) is 35.2 Å². The number of hydrogen-bond acceptors (Lipinski definition) is 4. The van der Waals surface area contributed by atoms with Crippen LogP contribution in [0.15, 0.2) is 42.5 Å². The van der Waals surface area contributed by atoms with Crippen LogP contribution in [0.4, 0.5) is 11.4 Å². The fraction of sp³-hybridized carbons (Fsp3) is 0.318. The highest BCUT2D eigenvalue weighted by molar-refractivity contribution is 6.38. The lowest BCUT2D eigenvalue weighted by atomic mass is 9.75. The summed E-state index contributed by atoms with van der Waals surface area (Å²) in [4.78, 5) is 44.1. The quantitative estimate of drug-likeness (QED) is 0.688. The third-order valence-electron chi connectivity index (χ3n) is 7.05. The number of halogens is 2. The summed E-state index contributed by atoms with van der Waals surface area (Å²) in [5, 5.41) is 3.61. The van der Waals surface area contributed by atoms with E-state index in [1.54, 1.807) is 12.1 Å². The number of nitrogens with one attached hydrogen (secondary N) is 1. The van der Waals surface area contributed by atoms with Gasteiger partial charge in [0, 0.05) is 22.3 Å². The molecule has 0 aliphatic carbocycles. The minimum Gasteiger partial charge on any atom is -0.324 e. The van der Waals surface area contributed by atoms with Gasteiger partial charge in [0.25, 0.3) is 0 Å². The summed E-state index contributed by atoms with van der Waals surface area (Å²) in [6, 6.07) is 12.0. The van der Waals surface area contributed by atoms with Gasteiger partial charge in [0.2, 0.25) is 17.7 Å². The molecule has 1 spiro atoms. The Labute approximate surface area is 182 Å². The van der Waals surface area contributed by atoms with Crippen LogP contribution < -0.4 is 10.2 Å². The Balaban J connectivity index is 1.56. The fourth-order valence-electron chi connectivity index (χ4n) is 6.06. The maximum absolute atomic E-state index is 13.8. The van der Waals surface area contributed by atoms with Crippen LogP contribution in [-0.2, 0) is 19.9 Å². The van der Waals surface area contributed by atoms with E-state index in [4.69, 9.17) is 23.2 Å². The number of hydrogen-bond donors (Lipinski definition) is 1. The first-order chi connectivity index (χ1) is 14.5. The highest BCUT2D eigenvalue weighted by atomic mass is 35.5. The largest absolute Gasteiger partial charge is 0.324 e. The molecule has 0 saturated carbocycles. The number of benzene rings is 2. The molecule has 0 unspecified atom stereocenters. The van der Waals surface area contributed by atoms with Crippen LogP contribution in [0.2, 0.25) is 10.0 Å². The lowest BCUT2D eigenvalue weighted by Gasteiger charge is -2.36. The smallest absolute Gasteiger partial charge is 0.250 e. The van der Waals surface area contributed by atoms with E-state index in [9.17, 15) is 14.4 Å². The van der Waals surface area contributed by atoms with Crippen LogP contribution in [0.25, 0.3) is 0 Å². The lowest BCUT2D eigenvalue weighted by Crippen LogP contribution is -2.54. The van der Waals surface area contributed by atoms with Gasteiger partial charge in [-0.2, -0.15) is 0 Å². The zero-order valence-electron chi connectivity index (χ0n) is 15.8. The molecule has 8 heteroatoms.